The van der Waals surface area contributed by atoms with E-state index < -0.39 is 13.9 Å². The Hall–Kier alpha value is 0.630. The van der Waals surface area contributed by atoms with E-state index in [4.69, 9.17) is 5.11 Å². The summed E-state index contributed by atoms with van der Waals surface area (Å²) in [6, 6.07) is 0. The van der Waals surface area contributed by atoms with Crippen LogP contribution < -0.4 is 0 Å². The molecule has 0 aromatic heterocycles. The summed E-state index contributed by atoms with van der Waals surface area (Å²) in [7, 11) is -0.886. The van der Waals surface area contributed by atoms with Crippen LogP contribution in [-0.4, -0.2) is 23.4 Å². The molecule has 0 aromatic carbocycles. The third-order valence-corrected chi connectivity index (χ3v) is 2.98. The van der Waals surface area contributed by atoms with Crippen LogP contribution in [0, 0.1) is 0 Å². The van der Waals surface area contributed by atoms with Gasteiger partial charge in [0.1, 0.15) is 5.85 Å². The molecule has 3 nitrogen and oxygen atoms in total. The molecule has 8 heavy (non-hydrogen) atoms. The molecule has 0 saturated carbocycles. The van der Waals surface area contributed by atoms with Crippen LogP contribution in [0.1, 0.15) is 0 Å². The zero-order valence-corrected chi connectivity index (χ0v) is 7.01. The van der Waals surface area contributed by atoms with Crippen molar-refractivity contribution < 1.29 is 14.2 Å². The maximum absolute atomic E-state index is 10.4. The molecule has 0 aromatic rings. The van der Waals surface area contributed by atoms with Crippen molar-refractivity contribution >= 4 is 24.0 Å². The first kappa shape index (κ1) is 8.63. The van der Waals surface area contributed by atoms with Gasteiger partial charge in [0, 0.05) is 12.4 Å². The van der Waals surface area contributed by atoms with Crippen molar-refractivity contribution in [3.63, 3.8) is 0 Å². The highest BCUT2D eigenvalue weighted by Gasteiger charge is 2.08. The van der Waals surface area contributed by atoms with Crippen LogP contribution in [0.15, 0.2) is 0 Å². The molecule has 0 amide bonds. The summed E-state index contributed by atoms with van der Waals surface area (Å²) in [6.07, 6.45) is 0. The van der Waals surface area contributed by atoms with E-state index in [1.54, 1.807) is 0 Å². The smallest absolute Gasteiger partial charge is 0.219 e. The normalized spacial score (nSPS) is 17.9. The Morgan fingerprint density at radius 3 is 2.62 bits per heavy atom. The summed E-state index contributed by atoms with van der Waals surface area (Å²) >= 11 is 2.95. The fourth-order valence-electron chi connectivity index (χ4n) is 0.199. The molecule has 0 saturated heterocycles. The third-order valence-electron chi connectivity index (χ3n) is 0.619. The fourth-order valence-corrected chi connectivity index (χ4v) is 1.39. The van der Waals surface area contributed by atoms with Crippen LogP contribution in [0.5, 0.6) is 0 Å². The Morgan fingerprint density at radius 1 is 2.00 bits per heavy atom. The van der Waals surface area contributed by atoms with Crippen molar-refractivity contribution in [2.24, 2.45) is 0 Å². The minimum atomic E-state index is -2.20. The Balaban J connectivity index is 3.46. The minimum absolute atomic E-state index is 0.304. The zero-order valence-electron chi connectivity index (χ0n) is 4.43. The average Bonchev–Trinajstić information content (AvgIpc) is 1.84. The molecule has 0 rings (SSSR count). The summed E-state index contributed by atoms with van der Waals surface area (Å²) in [5.41, 5.74) is 0. The lowest BCUT2D eigenvalue weighted by Gasteiger charge is -2.02. The van der Waals surface area contributed by atoms with Gasteiger partial charge in [-0.2, -0.15) is 0 Å². The number of hydrogen-bond donors (Lipinski definition) is 1. The lowest BCUT2D eigenvalue weighted by molar-refractivity contribution is 0.252. The summed E-state index contributed by atoms with van der Waals surface area (Å²) < 4.78 is 14.8. The number of hydrogen-bond acceptors (Lipinski definition) is 3. The summed E-state index contributed by atoms with van der Waals surface area (Å²) in [5, 5.41) is 8.99. The summed E-state index contributed by atoms with van der Waals surface area (Å²) in [6.45, 7) is 0. The summed E-state index contributed by atoms with van der Waals surface area (Å²) in [4.78, 5) is 0. The van der Waals surface area contributed by atoms with Crippen molar-refractivity contribution in [3.05, 3.63) is 0 Å². The van der Waals surface area contributed by atoms with Crippen LogP contribution in [0.3, 0.4) is 0 Å². The van der Waals surface area contributed by atoms with Gasteiger partial charge >= 0.3 is 0 Å². The molecule has 0 fully saturated rings. The largest absolute Gasteiger partial charge is 0.382 e. The number of aliphatic hydroxyl groups is 1. The minimum Gasteiger partial charge on any atom is -0.382 e. The SMILES string of the molecule is CO[PH](=O)C(O)CBr. The van der Waals surface area contributed by atoms with E-state index in [2.05, 4.69) is 20.5 Å². The summed E-state index contributed by atoms with van der Waals surface area (Å²) in [5.74, 6) is -0.843. The van der Waals surface area contributed by atoms with Gasteiger partial charge in [0.05, 0.1) is 0 Å². The highest BCUT2D eigenvalue weighted by atomic mass is 79.9. The van der Waals surface area contributed by atoms with E-state index >= 15 is 0 Å². The fraction of sp³-hybridized carbons (Fsp3) is 1.00. The Kier molecular flexibility index (Phi) is 4.86. The van der Waals surface area contributed by atoms with Crippen molar-refractivity contribution in [3.8, 4) is 0 Å². The maximum atomic E-state index is 10.4. The van der Waals surface area contributed by atoms with Crippen molar-refractivity contribution in [2.45, 2.75) is 5.85 Å². The molecular formula is C3H8BrO3P. The first-order valence-corrected chi connectivity index (χ1v) is 4.55. The second kappa shape index (κ2) is 4.50. The van der Waals surface area contributed by atoms with Gasteiger partial charge in [-0.3, -0.25) is 4.57 Å². The standard InChI is InChI=1S/C3H8BrO3P/c1-7-8(6)3(5)2-4/h3,5,8H,2H2,1H3. The average molecular weight is 203 g/mol. The quantitative estimate of drug-likeness (QED) is 0.545. The molecule has 50 valence electrons. The highest BCUT2D eigenvalue weighted by molar-refractivity contribution is 9.09. The predicted molar refractivity (Wildman–Crippen MR) is 35.8 cm³/mol. The van der Waals surface area contributed by atoms with E-state index in [9.17, 15) is 4.57 Å². The first-order chi connectivity index (χ1) is 3.72. The van der Waals surface area contributed by atoms with Gasteiger partial charge in [-0.05, 0) is 0 Å². The topological polar surface area (TPSA) is 46.5 Å². The van der Waals surface area contributed by atoms with E-state index in [-0.39, 0.29) is 0 Å². The number of rotatable bonds is 3. The second-order valence-electron chi connectivity index (χ2n) is 1.19. The van der Waals surface area contributed by atoms with Crippen LogP contribution in [-0.2, 0) is 9.09 Å². The first-order valence-electron chi connectivity index (χ1n) is 2.04. The van der Waals surface area contributed by atoms with E-state index in [0.717, 1.165) is 0 Å². The highest BCUT2D eigenvalue weighted by Crippen LogP contribution is 2.26. The van der Waals surface area contributed by atoms with E-state index in [1.165, 1.54) is 7.11 Å². The zero-order chi connectivity index (χ0) is 6.57. The monoisotopic (exact) mass is 202 g/mol. The molecule has 0 aliphatic heterocycles. The van der Waals surface area contributed by atoms with Crippen LogP contribution >= 0.6 is 24.0 Å². The van der Waals surface area contributed by atoms with Gasteiger partial charge in [0.2, 0.25) is 8.03 Å². The number of aliphatic hydroxyl groups excluding tert-OH is 1. The Labute approximate surface area is 57.0 Å². The molecular weight excluding hydrogens is 195 g/mol. The Morgan fingerprint density at radius 2 is 2.50 bits per heavy atom. The Bertz CT molecular complexity index is 86.6. The number of alkyl halides is 1. The lowest BCUT2D eigenvalue weighted by atomic mass is 10.9. The van der Waals surface area contributed by atoms with Gasteiger partial charge in [0.15, 0.2) is 0 Å². The van der Waals surface area contributed by atoms with Gasteiger partial charge in [-0.15, -0.1) is 0 Å². The van der Waals surface area contributed by atoms with Crippen molar-refractivity contribution in [1.29, 1.82) is 0 Å². The molecule has 0 heterocycles. The molecule has 1 N–H and O–H groups in total. The third kappa shape index (κ3) is 2.82. The van der Waals surface area contributed by atoms with Crippen LogP contribution in [0.2, 0.25) is 0 Å². The number of halogens is 1. The molecule has 0 radical (unpaired) electrons. The van der Waals surface area contributed by atoms with Gasteiger partial charge in [-0.1, -0.05) is 15.9 Å². The lowest BCUT2D eigenvalue weighted by Crippen LogP contribution is -2.01. The van der Waals surface area contributed by atoms with Crippen molar-refractivity contribution in [2.75, 3.05) is 12.4 Å². The maximum Gasteiger partial charge on any atom is 0.219 e. The molecule has 2 unspecified atom stereocenters. The van der Waals surface area contributed by atoms with Crippen LogP contribution in [0.25, 0.3) is 0 Å². The molecule has 0 spiro atoms. The second-order valence-corrected chi connectivity index (χ2v) is 3.55. The predicted octanol–water partition coefficient (Wildman–Crippen LogP) is 0.821. The van der Waals surface area contributed by atoms with E-state index in [1.807, 2.05) is 0 Å². The van der Waals surface area contributed by atoms with Gasteiger partial charge in [-0.25, -0.2) is 0 Å². The van der Waals surface area contributed by atoms with Gasteiger partial charge < -0.3 is 9.63 Å². The molecule has 2 atom stereocenters. The molecule has 0 aliphatic carbocycles. The molecule has 0 aliphatic rings. The van der Waals surface area contributed by atoms with Crippen LogP contribution in [0.4, 0.5) is 0 Å². The van der Waals surface area contributed by atoms with Crippen molar-refractivity contribution in [1.82, 2.24) is 0 Å². The van der Waals surface area contributed by atoms with E-state index in [0.29, 0.717) is 5.33 Å². The van der Waals surface area contributed by atoms with Gasteiger partial charge in [0.25, 0.3) is 0 Å². The molecule has 5 heteroatoms. The molecule has 0 bridgehead atoms.